The van der Waals surface area contributed by atoms with Crippen LogP contribution >= 0.6 is 0 Å². The normalized spacial score (nSPS) is 10.2. The Morgan fingerprint density at radius 3 is 2.00 bits per heavy atom. The van der Waals surface area contributed by atoms with E-state index in [0.717, 1.165) is 17.7 Å². The lowest BCUT2D eigenvalue weighted by Gasteiger charge is -2.02. The molecule has 0 unspecified atom stereocenters. The lowest BCUT2D eigenvalue weighted by atomic mass is 10.1. The Labute approximate surface area is 164 Å². The van der Waals surface area contributed by atoms with Gasteiger partial charge in [-0.3, -0.25) is 4.79 Å². The average Bonchev–Trinajstić information content (AvgIpc) is 2.72. The van der Waals surface area contributed by atoms with Crippen LogP contribution in [0.25, 0.3) is 22.3 Å². The highest BCUT2D eigenvalue weighted by atomic mass is 16.4. The Hall–Kier alpha value is -4.26. The zero-order chi connectivity index (χ0) is 21.0. The van der Waals surface area contributed by atoms with Crippen molar-refractivity contribution in [3.8, 4) is 28.6 Å². The number of carbonyl (C=O) groups is 1. The highest BCUT2D eigenvalue weighted by molar-refractivity contribution is 5.89. The van der Waals surface area contributed by atoms with E-state index < -0.39 is 23.2 Å². The fourth-order valence-electron chi connectivity index (χ4n) is 2.58. The monoisotopic (exact) mass is 392 g/mol. The molecule has 1 heterocycles. The van der Waals surface area contributed by atoms with Gasteiger partial charge in [-0.05, 0) is 24.3 Å². The maximum atomic E-state index is 11.9. The summed E-state index contributed by atoms with van der Waals surface area (Å²) in [4.78, 5) is 22.2. The molecule has 7 nitrogen and oxygen atoms in total. The number of aromatic hydroxyl groups is 3. The molecule has 0 aliphatic heterocycles. The van der Waals surface area contributed by atoms with Gasteiger partial charge in [0.05, 0.1) is 10.9 Å². The van der Waals surface area contributed by atoms with Gasteiger partial charge in [0.2, 0.25) is 0 Å². The van der Waals surface area contributed by atoms with Gasteiger partial charge < -0.3 is 24.8 Å². The second kappa shape index (κ2) is 8.18. The van der Waals surface area contributed by atoms with Crippen molar-refractivity contribution in [2.45, 2.75) is 0 Å². The number of rotatable bonds is 2. The Morgan fingerprint density at radius 2 is 1.38 bits per heavy atom. The highest BCUT2D eigenvalue weighted by Crippen LogP contribution is 2.35. The molecular formula is C22H16O7. The molecule has 0 spiro atoms. The molecule has 0 aliphatic rings. The van der Waals surface area contributed by atoms with E-state index in [1.807, 2.05) is 48.5 Å². The average molecular weight is 392 g/mol. The molecular weight excluding hydrogens is 376 g/mol. The lowest BCUT2D eigenvalue weighted by Crippen LogP contribution is -1.99. The summed E-state index contributed by atoms with van der Waals surface area (Å²) in [5, 5.41) is 35.6. The zero-order valence-corrected chi connectivity index (χ0v) is 14.9. The van der Waals surface area contributed by atoms with Crippen LogP contribution in [0.5, 0.6) is 17.2 Å². The molecule has 4 aromatic rings. The number of para-hydroxylation sites is 1. The number of benzene rings is 3. The third-order valence-corrected chi connectivity index (χ3v) is 4.01. The minimum atomic E-state index is -1.29. The van der Waals surface area contributed by atoms with Gasteiger partial charge in [0, 0.05) is 11.6 Å². The van der Waals surface area contributed by atoms with Gasteiger partial charge in [0.1, 0.15) is 11.3 Å². The van der Waals surface area contributed by atoms with Crippen molar-refractivity contribution in [1.29, 1.82) is 0 Å². The molecule has 0 bridgehead atoms. The topological polar surface area (TPSA) is 128 Å². The summed E-state index contributed by atoms with van der Waals surface area (Å²) in [6.45, 7) is 0. The number of carboxylic acid groups (broad SMARTS) is 1. The summed E-state index contributed by atoms with van der Waals surface area (Å²) in [5.41, 5.74) is 1.24. The number of phenolic OH excluding ortho intramolecular Hbond substituents is 3. The summed E-state index contributed by atoms with van der Waals surface area (Å²) >= 11 is 0. The van der Waals surface area contributed by atoms with Gasteiger partial charge in [-0.1, -0.05) is 42.5 Å². The summed E-state index contributed by atoms with van der Waals surface area (Å²) < 4.78 is 5.73. The molecule has 0 saturated carbocycles. The van der Waals surface area contributed by atoms with Crippen LogP contribution in [0.15, 0.2) is 82.0 Å². The van der Waals surface area contributed by atoms with E-state index in [1.54, 1.807) is 6.07 Å². The van der Waals surface area contributed by atoms with Gasteiger partial charge in [-0.2, -0.15) is 0 Å². The van der Waals surface area contributed by atoms with Crippen molar-refractivity contribution in [3.05, 3.63) is 88.6 Å². The Kier molecular flexibility index (Phi) is 5.50. The van der Waals surface area contributed by atoms with Gasteiger partial charge in [0.25, 0.3) is 0 Å². The second-order valence-electron chi connectivity index (χ2n) is 6.01. The van der Waals surface area contributed by atoms with Crippen LogP contribution < -0.4 is 5.43 Å². The molecule has 3 aromatic carbocycles. The largest absolute Gasteiger partial charge is 0.504 e. The van der Waals surface area contributed by atoms with Crippen LogP contribution in [0.2, 0.25) is 0 Å². The standard InChI is InChI=1S/C15H10O2.C7H6O5/c16-13-10-15(11-6-2-1-3-7-11)17-14-9-5-4-8-12(13)14;8-4-1-3(7(11)12)2-5(9)6(4)10/h1-10H;1-2,8-10H,(H,11,12). The summed E-state index contributed by atoms with van der Waals surface area (Å²) in [6.07, 6.45) is 0. The van der Waals surface area contributed by atoms with Crippen molar-refractivity contribution in [1.82, 2.24) is 0 Å². The van der Waals surface area contributed by atoms with Crippen molar-refractivity contribution < 1.29 is 29.6 Å². The number of carboxylic acids is 1. The number of hydrogen-bond donors (Lipinski definition) is 4. The first kappa shape index (κ1) is 19.5. The molecule has 0 aliphatic carbocycles. The molecule has 4 N–H and O–H groups in total. The molecule has 0 radical (unpaired) electrons. The fourth-order valence-corrected chi connectivity index (χ4v) is 2.58. The van der Waals surface area contributed by atoms with E-state index in [-0.39, 0.29) is 11.0 Å². The van der Waals surface area contributed by atoms with E-state index >= 15 is 0 Å². The first-order chi connectivity index (χ1) is 13.9. The summed E-state index contributed by atoms with van der Waals surface area (Å²) in [5.74, 6) is -2.73. The maximum absolute atomic E-state index is 11.9. The van der Waals surface area contributed by atoms with E-state index in [9.17, 15) is 9.59 Å². The SMILES string of the molecule is O=C(O)c1cc(O)c(O)c(O)c1.O=c1cc(-c2ccccc2)oc2ccccc12. The van der Waals surface area contributed by atoms with Gasteiger partial charge in [-0.25, -0.2) is 4.79 Å². The number of aromatic carboxylic acids is 1. The molecule has 146 valence electrons. The van der Waals surface area contributed by atoms with Crippen LogP contribution in [0.1, 0.15) is 10.4 Å². The fraction of sp³-hybridized carbons (Fsp3) is 0. The molecule has 7 heteroatoms. The minimum absolute atomic E-state index is 0.00861. The first-order valence-electron chi connectivity index (χ1n) is 8.43. The lowest BCUT2D eigenvalue weighted by molar-refractivity contribution is 0.0696. The van der Waals surface area contributed by atoms with E-state index in [4.69, 9.17) is 24.8 Å². The Morgan fingerprint density at radius 1 is 0.793 bits per heavy atom. The third-order valence-electron chi connectivity index (χ3n) is 4.01. The van der Waals surface area contributed by atoms with Crippen molar-refractivity contribution in [3.63, 3.8) is 0 Å². The summed E-state index contributed by atoms with van der Waals surface area (Å²) in [7, 11) is 0. The zero-order valence-electron chi connectivity index (χ0n) is 14.9. The quantitative estimate of drug-likeness (QED) is 0.380. The van der Waals surface area contributed by atoms with E-state index in [0.29, 0.717) is 16.7 Å². The number of phenols is 3. The van der Waals surface area contributed by atoms with Gasteiger partial charge in [-0.15, -0.1) is 0 Å². The van der Waals surface area contributed by atoms with E-state index in [1.165, 1.54) is 6.07 Å². The number of fused-ring (bicyclic) bond motifs is 1. The second-order valence-corrected chi connectivity index (χ2v) is 6.01. The molecule has 29 heavy (non-hydrogen) atoms. The Balaban J connectivity index is 0.000000177. The van der Waals surface area contributed by atoms with Crippen molar-refractivity contribution in [2.75, 3.05) is 0 Å². The van der Waals surface area contributed by atoms with Crippen LogP contribution in [0.4, 0.5) is 0 Å². The Bertz CT molecular complexity index is 1200. The predicted octanol–water partition coefficient (Wildman–Crippen LogP) is 3.96. The predicted molar refractivity (Wildman–Crippen MR) is 106 cm³/mol. The maximum Gasteiger partial charge on any atom is 0.335 e. The smallest absolute Gasteiger partial charge is 0.335 e. The van der Waals surface area contributed by atoms with Gasteiger partial charge >= 0.3 is 5.97 Å². The van der Waals surface area contributed by atoms with Crippen molar-refractivity contribution in [2.24, 2.45) is 0 Å². The molecule has 0 amide bonds. The van der Waals surface area contributed by atoms with Gasteiger partial charge in [0.15, 0.2) is 22.7 Å². The van der Waals surface area contributed by atoms with Crippen molar-refractivity contribution >= 4 is 16.9 Å². The molecule has 0 atom stereocenters. The molecule has 4 rings (SSSR count). The molecule has 0 saturated heterocycles. The molecule has 1 aromatic heterocycles. The van der Waals surface area contributed by atoms with Crippen LogP contribution in [-0.4, -0.2) is 26.4 Å². The minimum Gasteiger partial charge on any atom is -0.504 e. The molecule has 0 fully saturated rings. The first-order valence-corrected chi connectivity index (χ1v) is 8.43. The summed E-state index contributed by atoms with van der Waals surface area (Å²) in [6, 6.07) is 20.1. The van der Waals surface area contributed by atoms with Crippen LogP contribution in [0.3, 0.4) is 0 Å². The van der Waals surface area contributed by atoms with Crippen LogP contribution in [0, 0.1) is 0 Å². The highest BCUT2D eigenvalue weighted by Gasteiger charge is 2.11. The number of hydrogen-bond acceptors (Lipinski definition) is 6. The van der Waals surface area contributed by atoms with E-state index in [2.05, 4.69) is 0 Å². The third kappa shape index (κ3) is 4.36. The van der Waals surface area contributed by atoms with Crippen LogP contribution in [-0.2, 0) is 0 Å².